The SMILES string of the molecule is CCCC(C)CCCC1CC=C(C2CCC(C)C(F)C2F)CC1. The van der Waals surface area contributed by atoms with Crippen LogP contribution in [-0.2, 0) is 0 Å². The van der Waals surface area contributed by atoms with E-state index in [2.05, 4.69) is 19.9 Å². The Kier molecular flexibility index (Phi) is 7.56. The summed E-state index contributed by atoms with van der Waals surface area (Å²) in [6, 6.07) is 0. The molecule has 1 fully saturated rings. The molecule has 2 aliphatic carbocycles. The lowest BCUT2D eigenvalue weighted by Gasteiger charge is -2.36. The van der Waals surface area contributed by atoms with Crippen LogP contribution in [0, 0.1) is 23.7 Å². The molecule has 6 unspecified atom stereocenters. The van der Waals surface area contributed by atoms with Crippen molar-refractivity contribution in [3.8, 4) is 0 Å². The normalized spacial score (nSPS) is 36.6. The van der Waals surface area contributed by atoms with E-state index >= 15 is 0 Å². The molecule has 0 aromatic carbocycles. The minimum absolute atomic E-state index is 0.108. The Morgan fingerprint density at radius 3 is 2.57 bits per heavy atom. The highest BCUT2D eigenvalue weighted by molar-refractivity contribution is 5.14. The van der Waals surface area contributed by atoms with Crippen LogP contribution in [0.1, 0.15) is 85.0 Å². The van der Waals surface area contributed by atoms with Crippen LogP contribution in [0.2, 0.25) is 0 Å². The van der Waals surface area contributed by atoms with E-state index in [0.29, 0.717) is 0 Å². The molecule has 0 amide bonds. The first-order valence-electron chi connectivity index (χ1n) is 10.00. The second kappa shape index (κ2) is 9.18. The van der Waals surface area contributed by atoms with E-state index in [1.807, 2.05) is 6.92 Å². The predicted octanol–water partition coefficient (Wildman–Crippen LogP) is 7.04. The van der Waals surface area contributed by atoms with Crippen molar-refractivity contribution in [3.05, 3.63) is 11.6 Å². The van der Waals surface area contributed by atoms with Gasteiger partial charge in [-0.3, -0.25) is 0 Å². The summed E-state index contributed by atoms with van der Waals surface area (Å²) in [6.45, 7) is 6.47. The molecule has 0 aromatic heterocycles. The van der Waals surface area contributed by atoms with Gasteiger partial charge in [0.05, 0.1) is 0 Å². The van der Waals surface area contributed by atoms with Gasteiger partial charge >= 0.3 is 0 Å². The van der Waals surface area contributed by atoms with Gasteiger partial charge in [-0.15, -0.1) is 0 Å². The van der Waals surface area contributed by atoms with Gasteiger partial charge in [0.25, 0.3) is 0 Å². The van der Waals surface area contributed by atoms with Crippen LogP contribution in [0.4, 0.5) is 8.78 Å². The summed E-state index contributed by atoms with van der Waals surface area (Å²) in [4.78, 5) is 0. The van der Waals surface area contributed by atoms with Gasteiger partial charge < -0.3 is 0 Å². The molecule has 6 atom stereocenters. The van der Waals surface area contributed by atoms with Crippen molar-refractivity contribution in [1.82, 2.24) is 0 Å². The Balaban J connectivity index is 1.75. The molecule has 2 aliphatic rings. The molecule has 134 valence electrons. The van der Waals surface area contributed by atoms with Crippen LogP contribution in [-0.4, -0.2) is 12.3 Å². The molecular weight excluding hydrogens is 290 g/mol. The van der Waals surface area contributed by atoms with Gasteiger partial charge in [-0.25, -0.2) is 8.78 Å². The third-order valence-corrected chi connectivity index (χ3v) is 6.29. The third-order valence-electron chi connectivity index (χ3n) is 6.29. The van der Waals surface area contributed by atoms with E-state index in [4.69, 9.17) is 0 Å². The monoisotopic (exact) mass is 326 g/mol. The van der Waals surface area contributed by atoms with Crippen molar-refractivity contribution in [2.45, 2.75) is 97.3 Å². The van der Waals surface area contributed by atoms with Gasteiger partial charge in [0.1, 0.15) is 12.3 Å². The van der Waals surface area contributed by atoms with E-state index in [9.17, 15) is 8.78 Å². The molecule has 0 spiro atoms. The first-order valence-corrected chi connectivity index (χ1v) is 10.00. The lowest BCUT2D eigenvalue weighted by Crippen LogP contribution is -2.38. The van der Waals surface area contributed by atoms with E-state index in [-0.39, 0.29) is 11.8 Å². The quantitative estimate of drug-likeness (QED) is 0.440. The molecule has 0 radical (unpaired) electrons. The van der Waals surface area contributed by atoms with Gasteiger partial charge in [-0.05, 0) is 49.9 Å². The fraction of sp³-hybridized carbons (Fsp3) is 0.905. The van der Waals surface area contributed by atoms with E-state index in [1.54, 1.807) is 0 Å². The summed E-state index contributed by atoms with van der Waals surface area (Å²) >= 11 is 0. The zero-order valence-electron chi connectivity index (χ0n) is 15.4. The summed E-state index contributed by atoms with van der Waals surface area (Å²) < 4.78 is 28.3. The maximum absolute atomic E-state index is 14.3. The van der Waals surface area contributed by atoms with Crippen LogP contribution >= 0.6 is 0 Å². The third kappa shape index (κ3) is 5.29. The maximum atomic E-state index is 14.3. The van der Waals surface area contributed by atoms with Crippen LogP contribution in [0.25, 0.3) is 0 Å². The summed E-state index contributed by atoms with van der Waals surface area (Å²) in [5.74, 6) is 1.39. The molecule has 0 bridgehead atoms. The predicted molar refractivity (Wildman–Crippen MR) is 95.0 cm³/mol. The molecule has 1 saturated carbocycles. The largest absolute Gasteiger partial charge is 0.244 e. The molecule has 23 heavy (non-hydrogen) atoms. The Morgan fingerprint density at radius 1 is 1.13 bits per heavy atom. The molecular formula is C21H36F2. The van der Waals surface area contributed by atoms with Gasteiger partial charge in [-0.2, -0.15) is 0 Å². The fourth-order valence-electron chi connectivity index (χ4n) is 4.59. The van der Waals surface area contributed by atoms with Crippen LogP contribution in [0.15, 0.2) is 11.6 Å². The number of alkyl halides is 2. The first-order chi connectivity index (χ1) is 11.0. The van der Waals surface area contributed by atoms with Gasteiger partial charge in [-0.1, -0.05) is 64.5 Å². The number of rotatable bonds is 7. The van der Waals surface area contributed by atoms with Gasteiger partial charge in [0.2, 0.25) is 0 Å². The fourth-order valence-corrected chi connectivity index (χ4v) is 4.59. The van der Waals surface area contributed by atoms with Crippen molar-refractivity contribution in [2.75, 3.05) is 0 Å². The second-order valence-electron chi connectivity index (χ2n) is 8.29. The average molecular weight is 327 g/mol. The number of hydrogen-bond acceptors (Lipinski definition) is 0. The van der Waals surface area contributed by atoms with Crippen LogP contribution in [0.3, 0.4) is 0 Å². The van der Waals surface area contributed by atoms with Crippen LogP contribution in [0.5, 0.6) is 0 Å². The average Bonchev–Trinajstić information content (AvgIpc) is 2.54. The summed E-state index contributed by atoms with van der Waals surface area (Å²) in [6.07, 6.45) is 11.3. The molecule has 2 heteroatoms. The molecule has 0 aliphatic heterocycles. The summed E-state index contributed by atoms with van der Waals surface area (Å²) in [7, 11) is 0. The number of allylic oxidation sites excluding steroid dienone is 2. The minimum Gasteiger partial charge on any atom is -0.244 e. The van der Waals surface area contributed by atoms with Crippen molar-refractivity contribution in [3.63, 3.8) is 0 Å². The smallest absolute Gasteiger partial charge is 0.138 e. The van der Waals surface area contributed by atoms with E-state index < -0.39 is 12.3 Å². The van der Waals surface area contributed by atoms with E-state index in [1.165, 1.54) is 44.1 Å². The second-order valence-corrected chi connectivity index (χ2v) is 8.29. The van der Waals surface area contributed by atoms with Crippen molar-refractivity contribution < 1.29 is 8.78 Å². The Hall–Kier alpha value is -0.400. The lowest BCUT2D eigenvalue weighted by molar-refractivity contribution is 0.0407. The topological polar surface area (TPSA) is 0 Å². The molecule has 0 nitrogen and oxygen atoms in total. The highest BCUT2D eigenvalue weighted by atomic mass is 19.2. The highest BCUT2D eigenvalue weighted by Gasteiger charge is 2.39. The Morgan fingerprint density at radius 2 is 1.91 bits per heavy atom. The van der Waals surface area contributed by atoms with Crippen molar-refractivity contribution in [2.24, 2.45) is 23.7 Å². The zero-order chi connectivity index (χ0) is 16.8. The zero-order valence-corrected chi connectivity index (χ0v) is 15.4. The molecule has 2 rings (SSSR count). The molecule has 0 heterocycles. The minimum atomic E-state index is -1.27. The number of halogens is 2. The highest BCUT2D eigenvalue weighted by Crippen LogP contribution is 2.41. The number of hydrogen-bond donors (Lipinski definition) is 0. The molecule has 0 saturated heterocycles. The molecule has 0 N–H and O–H groups in total. The summed E-state index contributed by atoms with van der Waals surface area (Å²) in [5.41, 5.74) is 1.22. The van der Waals surface area contributed by atoms with Crippen molar-refractivity contribution >= 4 is 0 Å². The standard InChI is InChI=1S/C21H36F2/c1-4-6-15(2)7-5-8-17-10-12-18(13-11-17)19-14-9-16(3)20(22)21(19)23/h12,15-17,19-21H,4-11,13-14H2,1-3H3. The first kappa shape index (κ1) is 18.9. The van der Waals surface area contributed by atoms with Gasteiger partial charge in [0.15, 0.2) is 0 Å². The lowest BCUT2D eigenvalue weighted by atomic mass is 9.72. The van der Waals surface area contributed by atoms with Crippen LogP contribution < -0.4 is 0 Å². The van der Waals surface area contributed by atoms with Crippen molar-refractivity contribution in [1.29, 1.82) is 0 Å². The Labute approximate surface area is 142 Å². The van der Waals surface area contributed by atoms with E-state index in [0.717, 1.165) is 37.5 Å². The summed E-state index contributed by atoms with van der Waals surface area (Å²) in [5, 5.41) is 0. The molecule has 0 aromatic rings. The van der Waals surface area contributed by atoms with Gasteiger partial charge in [0, 0.05) is 5.92 Å². The maximum Gasteiger partial charge on any atom is 0.138 e. The Bertz CT molecular complexity index is 376.